The molecule has 3 aromatic carbocycles. The zero-order chi connectivity index (χ0) is 19.7. The number of nitrogens with zero attached hydrogens (tertiary/aromatic N) is 1. The molecule has 0 saturated heterocycles. The second kappa shape index (κ2) is 7.44. The Labute approximate surface area is 174 Å². The topological polar surface area (TPSA) is 32.3 Å². The average Bonchev–Trinajstić information content (AvgIpc) is 2.95. The largest absolute Gasteiger partial charge is 0.377 e. The first kappa shape index (κ1) is 18.8. The van der Waals surface area contributed by atoms with Crippen molar-refractivity contribution in [3.05, 3.63) is 94.5 Å². The number of likely N-dealkylation sites (N-methyl/N-ethyl adjacent to an activating group) is 1. The van der Waals surface area contributed by atoms with E-state index in [-0.39, 0.29) is 11.9 Å². The normalized spacial score (nSPS) is 19.4. The molecule has 3 aromatic rings. The Morgan fingerprint density at radius 3 is 2.43 bits per heavy atom. The number of fused-ring (bicyclic) bond motifs is 1. The van der Waals surface area contributed by atoms with Crippen LogP contribution in [-0.4, -0.2) is 13.0 Å². The summed E-state index contributed by atoms with van der Waals surface area (Å²) < 4.78 is 1.00. The van der Waals surface area contributed by atoms with E-state index in [0.29, 0.717) is 6.42 Å². The number of rotatable bonds is 5. The molecule has 0 aliphatic carbocycles. The molecule has 1 amide bonds. The fourth-order valence-electron chi connectivity index (χ4n) is 4.37. The Balaban J connectivity index is 1.93. The van der Waals surface area contributed by atoms with Gasteiger partial charge in [-0.15, -0.1) is 0 Å². The number of benzene rings is 3. The average molecular weight is 435 g/mol. The van der Waals surface area contributed by atoms with E-state index in [1.807, 2.05) is 67.7 Å². The van der Waals surface area contributed by atoms with E-state index in [4.69, 9.17) is 0 Å². The van der Waals surface area contributed by atoms with Crippen LogP contribution in [0.25, 0.3) is 0 Å². The van der Waals surface area contributed by atoms with Crippen molar-refractivity contribution in [2.75, 3.05) is 17.3 Å². The van der Waals surface area contributed by atoms with E-state index in [1.165, 1.54) is 0 Å². The molecule has 1 N–H and O–H groups in total. The van der Waals surface area contributed by atoms with Crippen LogP contribution in [0.2, 0.25) is 0 Å². The molecule has 0 fully saturated rings. The Kier molecular flexibility index (Phi) is 4.98. The van der Waals surface area contributed by atoms with Crippen LogP contribution < -0.4 is 10.2 Å². The van der Waals surface area contributed by atoms with E-state index in [0.717, 1.165) is 27.0 Å². The van der Waals surface area contributed by atoms with Crippen molar-refractivity contribution in [2.24, 2.45) is 0 Å². The molecule has 0 spiro atoms. The summed E-state index contributed by atoms with van der Waals surface area (Å²) in [5.41, 5.74) is 3.48. The van der Waals surface area contributed by atoms with Crippen LogP contribution in [0.1, 0.15) is 30.5 Å². The summed E-state index contributed by atoms with van der Waals surface area (Å²) >= 11 is 3.60. The number of carbonyl (C=O) groups is 1. The summed E-state index contributed by atoms with van der Waals surface area (Å²) in [6, 6.07) is 26.3. The van der Waals surface area contributed by atoms with Crippen LogP contribution in [0.4, 0.5) is 11.4 Å². The minimum Gasteiger partial charge on any atom is -0.377 e. The standard InChI is InChI=1S/C24H23BrN2O/c1-3-24(20-14-7-8-15-21(20)27(2)23(24)28)22(17-10-9-11-18(25)16-17)26-19-12-5-4-6-13-19/h4-16,22,26H,3H2,1-2H3/t22-,24+/m0/s1. The van der Waals surface area contributed by atoms with E-state index in [2.05, 4.69) is 46.4 Å². The predicted octanol–water partition coefficient (Wildman–Crippen LogP) is 5.93. The maximum absolute atomic E-state index is 13.7. The van der Waals surface area contributed by atoms with Gasteiger partial charge in [-0.1, -0.05) is 71.4 Å². The molecular weight excluding hydrogens is 412 g/mol. The van der Waals surface area contributed by atoms with E-state index in [1.54, 1.807) is 4.90 Å². The number of hydrogen-bond acceptors (Lipinski definition) is 2. The lowest BCUT2D eigenvalue weighted by atomic mass is 9.70. The number of amides is 1. The third-order valence-corrected chi connectivity index (χ3v) is 6.24. The highest BCUT2D eigenvalue weighted by Gasteiger charge is 2.54. The molecular formula is C24H23BrN2O. The van der Waals surface area contributed by atoms with E-state index >= 15 is 0 Å². The van der Waals surface area contributed by atoms with Crippen molar-refractivity contribution >= 4 is 33.2 Å². The van der Waals surface area contributed by atoms with Gasteiger partial charge in [0.1, 0.15) is 5.41 Å². The third-order valence-electron chi connectivity index (χ3n) is 5.75. The van der Waals surface area contributed by atoms with Gasteiger partial charge in [0, 0.05) is 22.9 Å². The van der Waals surface area contributed by atoms with Crippen molar-refractivity contribution in [3.8, 4) is 0 Å². The Morgan fingerprint density at radius 2 is 1.71 bits per heavy atom. The van der Waals surface area contributed by atoms with Gasteiger partial charge in [0.05, 0.1) is 6.04 Å². The smallest absolute Gasteiger partial charge is 0.239 e. The summed E-state index contributed by atoms with van der Waals surface area (Å²) in [6.45, 7) is 2.10. The summed E-state index contributed by atoms with van der Waals surface area (Å²) in [6.07, 6.45) is 0.699. The molecule has 1 heterocycles. The molecule has 2 atom stereocenters. The first-order chi connectivity index (χ1) is 13.6. The SMILES string of the molecule is CC[C@@]1([C@@H](Nc2ccccc2)c2cccc(Br)c2)C(=O)N(C)c2ccccc21. The molecule has 142 valence electrons. The van der Waals surface area contributed by atoms with Crippen LogP contribution in [0, 0.1) is 0 Å². The van der Waals surface area contributed by atoms with Gasteiger partial charge in [-0.05, 0) is 47.9 Å². The zero-order valence-corrected chi connectivity index (χ0v) is 17.6. The molecule has 0 saturated carbocycles. The minimum atomic E-state index is -0.679. The maximum atomic E-state index is 13.7. The summed E-state index contributed by atoms with van der Waals surface area (Å²) in [7, 11) is 1.87. The molecule has 28 heavy (non-hydrogen) atoms. The quantitative estimate of drug-likeness (QED) is 0.539. The van der Waals surface area contributed by atoms with E-state index < -0.39 is 5.41 Å². The summed E-state index contributed by atoms with van der Waals surface area (Å²) in [4.78, 5) is 15.5. The summed E-state index contributed by atoms with van der Waals surface area (Å²) in [5.74, 6) is 0.129. The van der Waals surface area contributed by atoms with Crippen molar-refractivity contribution in [2.45, 2.75) is 24.8 Å². The molecule has 1 aliphatic rings. The van der Waals surface area contributed by atoms with Gasteiger partial charge in [0.15, 0.2) is 0 Å². The highest BCUT2D eigenvalue weighted by Crippen LogP contribution is 2.51. The summed E-state index contributed by atoms with van der Waals surface area (Å²) in [5, 5.41) is 3.68. The van der Waals surface area contributed by atoms with Gasteiger partial charge in [0.2, 0.25) is 5.91 Å². The molecule has 4 rings (SSSR count). The fourth-order valence-corrected chi connectivity index (χ4v) is 4.79. The number of para-hydroxylation sites is 2. The van der Waals surface area contributed by atoms with Crippen molar-refractivity contribution in [1.29, 1.82) is 0 Å². The van der Waals surface area contributed by atoms with Crippen LogP contribution >= 0.6 is 15.9 Å². The maximum Gasteiger partial charge on any atom is 0.239 e. The molecule has 0 unspecified atom stereocenters. The fraction of sp³-hybridized carbons (Fsp3) is 0.208. The van der Waals surface area contributed by atoms with Crippen molar-refractivity contribution in [3.63, 3.8) is 0 Å². The first-order valence-electron chi connectivity index (χ1n) is 9.52. The molecule has 1 aliphatic heterocycles. The molecule has 4 heteroatoms. The highest BCUT2D eigenvalue weighted by molar-refractivity contribution is 9.10. The van der Waals surface area contributed by atoms with Crippen LogP contribution in [0.15, 0.2) is 83.3 Å². The molecule has 0 aromatic heterocycles. The molecule has 0 radical (unpaired) electrons. The Hall–Kier alpha value is -2.59. The Bertz CT molecular complexity index is 1000. The van der Waals surface area contributed by atoms with E-state index in [9.17, 15) is 4.79 Å². The highest BCUT2D eigenvalue weighted by atomic mass is 79.9. The lowest BCUT2D eigenvalue weighted by molar-refractivity contribution is -0.123. The number of halogens is 1. The number of nitrogens with one attached hydrogen (secondary N) is 1. The van der Waals surface area contributed by atoms with Crippen molar-refractivity contribution < 1.29 is 4.79 Å². The van der Waals surface area contributed by atoms with Crippen molar-refractivity contribution in [1.82, 2.24) is 0 Å². The molecule has 3 nitrogen and oxygen atoms in total. The number of hydrogen-bond donors (Lipinski definition) is 1. The Morgan fingerprint density at radius 1 is 1.00 bits per heavy atom. The third kappa shape index (κ3) is 2.92. The van der Waals surface area contributed by atoms with Gasteiger partial charge < -0.3 is 10.2 Å². The lowest BCUT2D eigenvalue weighted by Gasteiger charge is -2.37. The molecule has 0 bridgehead atoms. The van der Waals surface area contributed by atoms with Crippen LogP contribution in [0.5, 0.6) is 0 Å². The van der Waals surface area contributed by atoms with Crippen LogP contribution in [0.3, 0.4) is 0 Å². The lowest BCUT2D eigenvalue weighted by Crippen LogP contribution is -2.45. The number of carbonyl (C=O) groups excluding carboxylic acids is 1. The second-order valence-electron chi connectivity index (χ2n) is 7.20. The van der Waals surface area contributed by atoms with Gasteiger partial charge in [-0.2, -0.15) is 0 Å². The second-order valence-corrected chi connectivity index (χ2v) is 8.12. The van der Waals surface area contributed by atoms with Gasteiger partial charge in [-0.3, -0.25) is 4.79 Å². The van der Waals surface area contributed by atoms with Gasteiger partial charge in [0.25, 0.3) is 0 Å². The zero-order valence-electron chi connectivity index (χ0n) is 16.0. The minimum absolute atomic E-state index is 0.129. The first-order valence-corrected chi connectivity index (χ1v) is 10.3. The predicted molar refractivity (Wildman–Crippen MR) is 119 cm³/mol. The van der Waals surface area contributed by atoms with Gasteiger partial charge >= 0.3 is 0 Å². The van der Waals surface area contributed by atoms with Crippen LogP contribution in [-0.2, 0) is 10.2 Å². The van der Waals surface area contributed by atoms with Gasteiger partial charge in [-0.25, -0.2) is 0 Å². The monoisotopic (exact) mass is 434 g/mol. The number of anilines is 2.